The summed E-state index contributed by atoms with van der Waals surface area (Å²) in [6.07, 6.45) is 5.27. The highest BCUT2D eigenvalue weighted by atomic mass is 79.9. The average molecular weight is 311 g/mol. The van der Waals surface area contributed by atoms with Crippen molar-refractivity contribution in [2.24, 2.45) is 5.41 Å². The van der Waals surface area contributed by atoms with Gasteiger partial charge in [0.15, 0.2) is 5.78 Å². The number of carbonyl (C=O) groups is 1. The molecule has 0 radical (unpaired) electrons. The quantitative estimate of drug-likeness (QED) is 0.759. The zero-order chi connectivity index (χ0) is 13.2. The molecule has 0 heterocycles. The molecule has 18 heavy (non-hydrogen) atoms. The maximum Gasteiger partial charge on any atom is 0.172 e. The zero-order valence-electron chi connectivity index (χ0n) is 11.0. The number of Topliss-reactive ketones (excluding diaryl/α,β-unsaturated/α-hetero) is 1. The Morgan fingerprint density at radius 1 is 1.39 bits per heavy atom. The van der Waals surface area contributed by atoms with Gasteiger partial charge in [-0.15, -0.1) is 0 Å². The molecular formula is C15H19BrO2. The van der Waals surface area contributed by atoms with E-state index in [0.717, 1.165) is 42.1 Å². The van der Waals surface area contributed by atoms with Crippen LogP contribution in [-0.4, -0.2) is 12.9 Å². The lowest BCUT2D eigenvalue weighted by Crippen LogP contribution is -2.27. The Hall–Kier alpha value is -0.830. The van der Waals surface area contributed by atoms with Crippen molar-refractivity contribution in [1.29, 1.82) is 0 Å². The van der Waals surface area contributed by atoms with Crippen molar-refractivity contribution < 1.29 is 9.53 Å². The topological polar surface area (TPSA) is 26.3 Å². The maximum atomic E-state index is 12.8. The van der Waals surface area contributed by atoms with Crippen LogP contribution in [-0.2, 0) is 0 Å². The highest BCUT2D eigenvalue weighted by Gasteiger charge is 2.40. The molecule has 0 aromatic heterocycles. The summed E-state index contributed by atoms with van der Waals surface area (Å²) >= 11 is 3.43. The molecule has 1 aromatic carbocycles. The predicted molar refractivity (Wildman–Crippen MR) is 76.2 cm³/mol. The Kier molecular flexibility index (Phi) is 4.10. The normalized spacial score (nSPS) is 17.7. The van der Waals surface area contributed by atoms with E-state index in [2.05, 4.69) is 22.9 Å². The lowest BCUT2D eigenvalue weighted by atomic mass is 9.76. The molecule has 2 nitrogen and oxygen atoms in total. The van der Waals surface area contributed by atoms with Crippen LogP contribution in [0.3, 0.4) is 0 Å². The van der Waals surface area contributed by atoms with Crippen LogP contribution in [0.5, 0.6) is 5.75 Å². The number of carbonyl (C=O) groups excluding carboxylic acids is 1. The Labute approximate surface area is 117 Å². The molecule has 1 aliphatic rings. The average Bonchev–Trinajstić information content (AvgIpc) is 2.87. The van der Waals surface area contributed by atoms with Gasteiger partial charge in [-0.25, -0.2) is 0 Å². The van der Waals surface area contributed by atoms with E-state index in [1.54, 1.807) is 7.11 Å². The first-order valence-electron chi connectivity index (χ1n) is 6.51. The SMILES string of the molecule is CCC1(C(=O)c2cc(Br)ccc2OC)CCCC1. The highest BCUT2D eigenvalue weighted by molar-refractivity contribution is 9.10. The van der Waals surface area contributed by atoms with Gasteiger partial charge in [-0.2, -0.15) is 0 Å². The smallest absolute Gasteiger partial charge is 0.172 e. The molecule has 0 amide bonds. The summed E-state index contributed by atoms with van der Waals surface area (Å²) in [7, 11) is 1.62. The van der Waals surface area contributed by atoms with E-state index < -0.39 is 0 Å². The Balaban J connectivity index is 2.41. The zero-order valence-corrected chi connectivity index (χ0v) is 12.5. The summed E-state index contributed by atoms with van der Waals surface area (Å²) in [5.74, 6) is 0.934. The third-order valence-corrected chi connectivity index (χ3v) is 4.62. The summed E-state index contributed by atoms with van der Waals surface area (Å²) in [6, 6.07) is 5.65. The molecular weight excluding hydrogens is 292 g/mol. The number of hydrogen-bond acceptors (Lipinski definition) is 2. The van der Waals surface area contributed by atoms with Gasteiger partial charge in [-0.1, -0.05) is 35.7 Å². The number of halogens is 1. The van der Waals surface area contributed by atoms with E-state index in [4.69, 9.17) is 4.74 Å². The molecule has 0 spiro atoms. The van der Waals surface area contributed by atoms with Crippen LogP contribution < -0.4 is 4.74 Å². The summed E-state index contributed by atoms with van der Waals surface area (Å²) in [4.78, 5) is 12.8. The molecule has 1 aromatic rings. The fraction of sp³-hybridized carbons (Fsp3) is 0.533. The van der Waals surface area contributed by atoms with Gasteiger partial charge in [0.1, 0.15) is 5.75 Å². The maximum absolute atomic E-state index is 12.8. The Morgan fingerprint density at radius 3 is 2.61 bits per heavy atom. The number of ketones is 1. The Bertz CT molecular complexity index is 448. The van der Waals surface area contributed by atoms with Crippen molar-refractivity contribution in [3.8, 4) is 5.75 Å². The number of hydrogen-bond donors (Lipinski definition) is 0. The summed E-state index contributed by atoms with van der Waals surface area (Å²) in [5, 5.41) is 0. The second-order valence-corrected chi connectivity index (χ2v) is 5.93. The molecule has 3 heteroatoms. The van der Waals surface area contributed by atoms with Crippen molar-refractivity contribution in [3.05, 3.63) is 28.2 Å². The summed E-state index contributed by atoms with van der Waals surface area (Å²) in [5.41, 5.74) is 0.560. The van der Waals surface area contributed by atoms with Crippen LogP contribution in [0.25, 0.3) is 0 Å². The van der Waals surface area contributed by atoms with Crippen molar-refractivity contribution in [2.75, 3.05) is 7.11 Å². The van der Waals surface area contributed by atoms with Crippen molar-refractivity contribution in [2.45, 2.75) is 39.0 Å². The minimum atomic E-state index is -0.159. The van der Waals surface area contributed by atoms with Crippen LogP contribution >= 0.6 is 15.9 Å². The highest BCUT2D eigenvalue weighted by Crippen LogP contribution is 2.45. The largest absolute Gasteiger partial charge is 0.496 e. The van der Waals surface area contributed by atoms with Gasteiger partial charge in [0.2, 0.25) is 0 Å². The Morgan fingerprint density at radius 2 is 2.06 bits per heavy atom. The third kappa shape index (κ3) is 2.33. The lowest BCUT2D eigenvalue weighted by Gasteiger charge is -2.26. The standard InChI is InChI=1S/C15H19BrO2/c1-3-15(8-4-5-9-15)14(17)12-10-11(16)6-7-13(12)18-2/h6-7,10H,3-5,8-9H2,1-2H3. The number of methoxy groups -OCH3 is 1. The van der Waals surface area contributed by atoms with E-state index in [0.29, 0.717) is 5.75 Å². The van der Waals surface area contributed by atoms with Crippen molar-refractivity contribution in [3.63, 3.8) is 0 Å². The van der Waals surface area contributed by atoms with E-state index >= 15 is 0 Å². The van der Waals surface area contributed by atoms with Crippen LogP contribution in [0.15, 0.2) is 22.7 Å². The lowest BCUT2D eigenvalue weighted by molar-refractivity contribution is 0.0788. The number of benzene rings is 1. The molecule has 0 atom stereocenters. The molecule has 1 saturated carbocycles. The molecule has 0 bridgehead atoms. The molecule has 0 aliphatic heterocycles. The predicted octanol–water partition coefficient (Wildman–Crippen LogP) is 4.61. The van der Waals surface area contributed by atoms with E-state index in [1.807, 2.05) is 18.2 Å². The van der Waals surface area contributed by atoms with Gasteiger partial charge in [0.05, 0.1) is 12.7 Å². The molecule has 2 rings (SSSR count). The van der Waals surface area contributed by atoms with E-state index in [1.165, 1.54) is 0 Å². The summed E-state index contributed by atoms with van der Waals surface area (Å²) < 4.78 is 6.26. The first kappa shape index (κ1) is 13.6. The third-order valence-electron chi connectivity index (χ3n) is 4.13. The second-order valence-electron chi connectivity index (χ2n) is 5.01. The molecule has 0 unspecified atom stereocenters. The van der Waals surface area contributed by atoms with Crippen LogP contribution in [0.2, 0.25) is 0 Å². The molecule has 1 fully saturated rings. The molecule has 1 aliphatic carbocycles. The first-order chi connectivity index (χ1) is 8.63. The first-order valence-corrected chi connectivity index (χ1v) is 7.30. The molecule has 0 N–H and O–H groups in total. The summed E-state index contributed by atoms with van der Waals surface area (Å²) in [6.45, 7) is 2.12. The minimum Gasteiger partial charge on any atom is -0.496 e. The van der Waals surface area contributed by atoms with Crippen molar-refractivity contribution in [1.82, 2.24) is 0 Å². The molecule has 98 valence electrons. The van der Waals surface area contributed by atoms with Gasteiger partial charge in [-0.3, -0.25) is 4.79 Å². The van der Waals surface area contributed by atoms with Gasteiger partial charge >= 0.3 is 0 Å². The van der Waals surface area contributed by atoms with Gasteiger partial charge in [-0.05, 0) is 37.5 Å². The van der Waals surface area contributed by atoms with Crippen molar-refractivity contribution >= 4 is 21.7 Å². The van der Waals surface area contributed by atoms with Gasteiger partial charge in [0.25, 0.3) is 0 Å². The second kappa shape index (κ2) is 5.43. The van der Waals surface area contributed by atoms with Gasteiger partial charge in [0, 0.05) is 9.89 Å². The molecule has 0 saturated heterocycles. The number of rotatable bonds is 4. The van der Waals surface area contributed by atoms with Gasteiger partial charge < -0.3 is 4.74 Å². The number of ether oxygens (including phenoxy) is 1. The monoisotopic (exact) mass is 310 g/mol. The van der Waals surface area contributed by atoms with E-state index in [9.17, 15) is 4.79 Å². The van der Waals surface area contributed by atoms with Crippen LogP contribution in [0.4, 0.5) is 0 Å². The van der Waals surface area contributed by atoms with E-state index in [-0.39, 0.29) is 11.2 Å². The fourth-order valence-electron chi connectivity index (χ4n) is 2.94. The van der Waals surface area contributed by atoms with Crippen LogP contribution in [0.1, 0.15) is 49.4 Å². The minimum absolute atomic E-state index is 0.159. The van der Waals surface area contributed by atoms with Crippen LogP contribution in [0, 0.1) is 5.41 Å². The fourth-order valence-corrected chi connectivity index (χ4v) is 3.30.